The average molecular weight is 503 g/mol. The standard InChI is InChI=1S/C29H42O7/c1-5-33-26(31)36-18(2)35-21-10-13-27(3)20(16-21)7-8-24-23(27)11-14-28(4)22(12-15-29(24,28)32)19-6-9-25(30)34-17-19/h6,9,17-18,20-24,32H,5,7-8,10-16H2,1-4H3/t18?,20-,21+,22-,23+,24-,27+,28-,29+/m1/s1. The minimum absolute atomic E-state index is 0.0737. The summed E-state index contributed by atoms with van der Waals surface area (Å²) in [4.78, 5) is 23.2. The Kier molecular flexibility index (Phi) is 6.78. The molecule has 1 aromatic rings. The largest absolute Gasteiger partial charge is 0.510 e. The SMILES string of the molecule is CCOC(=O)OC(C)O[C@H]1CC[C@@]2(C)[C@H](CC[C@@H]3[C@@H]2CC[C@]2(C)[C@@H](c4ccc(=O)oc4)CC[C@]32O)C1. The highest BCUT2D eigenvalue weighted by Crippen LogP contribution is 2.70. The fraction of sp³-hybridized carbons (Fsp3) is 0.793. The number of hydrogen-bond acceptors (Lipinski definition) is 7. The van der Waals surface area contributed by atoms with Gasteiger partial charge in [0.2, 0.25) is 6.29 Å². The lowest BCUT2D eigenvalue weighted by Gasteiger charge is -2.63. The molecule has 0 radical (unpaired) electrons. The first-order valence-electron chi connectivity index (χ1n) is 13.9. The molecular formula is C29H42O7. The van der Waals surface area contributed by atoms with E-state index in [2.05, 4.69) is 13.8 Å². The number of aliphatic hydroxyl groups is 1. The fourth-order valence-electron chi connectivity index (χ4n) is 9.00. The van der Waals surface area contributed by atoms with Crippen molar-refractivity contribution in [2.45, 2.75) is 109 Å². The van der Waals surface area contributed by atoms with Crippen molar-refractivity contribution in [2.75, 3.05) is 6.61 Å². The lowest BCUT2D eigenvalue weighted by molar-refractivity contribution is -0.216. The number of carbonyl (C=O) groups excluding carboxylic acids is 1. The van der Waals surface area contributed by atoms with Gasteiger partial charge in [0.05, 0.1) is 24.6 Å². The van der Waals surface area contributed by atoms with Crippen molar-refractivity contribution >= 4 is 6.16 Å². The quantitative estimate of drug-likeness (QED) is 0.402. The molecule has 1 N–H and O–H groups in total. The maximum absolute atomic E-state index is 12.4. The summed E-state index contributed by atoms with van der Waals surface area (Å²) in [5, 5.41) is 12.4. The van der Waals surface area contributed by atoms with Crippen LogP contribution in [-0.2, 0) is 14.2 Å². The van der Waals surface area contributed by atoms with Crippen molar-refractivity contribution in [2.24, 2.45) is 28.6 Å². The number of rotatable bonds is 5. The molecule has 0 bridgehead atoms. The second-order valence-corrected chi connectivity index (χ2v) is 12.3. The zero-order chi connectivity index (χ0) is 25.7. The normalized spacial score (nSPS) is 42.5. The zero-order valence-electron chi connectivity index (χ0n) is 22.2. The highest BCUT2D eigenvalue weighted by molar-refractivity contribution is 5.59. The van der Waals surface area contributed by atoms with Crippen LogP contribution in [0, 0.1) is 28.6 Å². The van der Waals surface area contributed by atoms with E-state index in [1.54, 1.807) is 20.1 Å². The van der Waals surface area contributed by atoms with Crippen LogP contribution >= 0.6 is 0 Å². The topological polar surface area (TPSA) is 95.2 Å². The highest BCUT2D eigenvalue weighted by atomic mass is 16.8. The molecule has 4 aliphatic rings. The van der Waals surface area contributed by atoms with Crippen LogP contribution in [0.1, 0.15) is 97.0 Å². The summed E-state index contributed by atoms with van der Waals surface area (Å²) in [6, 6.07) is 3.40. The van der Waals surface area contributed by atoms with E-state index in [4.69, 9.17) is 18.6 Å². The molecule has 7 nitrogen and oxygen atoms in total. The maximum atomic E-state index is 12.4. The van der Waals surface area contributed by atoms with Gasteiger partial charge in [0, 0.05) is 11.5 Å². The Morgan fingerprint density at radius 1 is 1.11 bits per heavy atom. The van der Waals surface area contributed by atoms with E-state index in [1.165, 1.54) is 6.07 Å². The van der Waals surface area contributed by atoms with Crippen molar-refractivity contribution in [3.05, 3.63) is 34.4 Å². The Morgan fingerprint density at radius 3 is 2.64 bits per heavy atom. The first kappa shape index (κ1) is 25.8. The Bertz CT molecular complexity index is 1000. The van der Waals surface area contributed by atoms with Crippen LogP contribution in [0.4, 0.5) is 4.79 Å². The van der Waals surface area contributed by atoms with Crippen LogP contribution < -0.4 is 5.63 Å². The van der Waals surface area contributed by atoms with Crippen molar-refractivity contribution in [3.8, 4) is 0 Å². The zero-order valence-corrected chi connectivity index (χ0v) is 22.2. The molecule has 4 fully saturated rings. The second kappa shape index (κ2) is 9.46. The van der Waals surface area contributed by atoms with Crippen LogP contribution in [0.25, 0.3) is 0 Å². The van der Waals surface area contributed by atoms with Crippen LogP contribution in [0.2, 0.25) is 0 Å². The van der Waals surface area contributed by atoms with E-state index in [9.17, 15) is 14.7 Å². The number of carbonyl (C=O) groups is 1. The minimum atomic E-state index is -0.694. The molecule has 4 aliphatic carbocycles. The van der Waals surface area contributed by atoms with Gasteiger partial charge in [0.25, 0.3) is 0 Å². The van der Waals surface area contributed by atoms with E-state index < -0.39 is 18.0 Å². The summed E-state index contributed by atoms with van der Waals surface area (Å²) in [5.74, 6) is 1.54. The molecule has 0 amide bonds. The van der Waals surface area contributed by atoms with Gasteiger partial charge >= 0.3 is 11.8 Å². The lowest BCUT2D eigenvalue weighted by Crippen LogP contribution is -2.62. The smallest absolute Gasteiger partial charge is 0.435 e. The van der Waals surface area contributed by atoms with Crippen molar-refractivity contribution in [1.29, 1.82) is 0 Å². The summed E-state index contributed by atoms with van der Waals surface area (Å²) in [5.41, 5.74) is -0.00282. The molecule has 1 heterocycles. The molecule has 7 heteroatoms. The van der Waals surface area contributed by atoms with Gasteiger partial charge in [0.15, 0.2) is 0 Å². The third kappa shape index (κ3) is 4.10. The van der Waals surface area contributed by atoms with Gasteiger partial charge in [-0.25, -0.2) is 9.59 Å². The third-order valence-electron chi connectivity index (χ3n) is 10.8. The van der Waals surface area contributed by atoms with Crippen LogP contribution in [-0.4, -0.2) is 35.9 Å². The first-order valence-corrected chi connectivity index (χ1v) is 13.9. The van der Waals surface area contributed by atoms with E-state index in [1.807, 2.05) is 6.07 Å². The van der Waals surface area contributed by atoms with E-state index in [0.29, 0.717) is 17.8 Å². The van der Waals surface area contributed by atoms with Crippen LogP contribution in [0.3, 0.4) is 0 Å². The molecule has 1 aromatic heterocycles. The van der Waals surface area contributed by atoms with Crippen LogP contribution in [0.5, 0.6) is 0 Å². The van der Waals surface area contributed by atoms with E-state index >= 15 is 0 Å². The Labute approximate surface area is 213 Å². The Balaban J connectivity index is 1.29. The maximum Gasteiger partial charge on any atom is 0.510 e. The van der Waals surface area contributed by atoms with Gasteiger partial charge in [-0.3, -0.25) is 0 Å². The Hall–Kier alpha value is -1.86. The third-order valence-corrected chi connectivity index (χ3v) is 10.8. The van der Waals surface area contributed by atoms with Gasteiger partial charge in [-0.2, -0.15) is 0 Å². The molecule has 200 valence electrons. The number of fused-ring (bicyclic) bond motifs is 5. The van der Waals surface area contributed by atoms with Gasteiger partial charge in [-0.1, -0.05) is 13.8 Å². The molecule has 4 saturated carbocycles. The Morgan fingerprint density at radius 2 is 1.92 bits per heavy atom. The van der Waals surface area contributed by atoms with Crippen molar-refractivity contribution in [1.82, 2.24) is 0 Å². The molecule has 36 heavy (non-hydrogen) atoms. The number of ether oxygens (including phenoxy) is 3. The second-order valence-electron chi connectivity index (χ2n) is 12.3. The lowest BCUT2D eigenvalue weighted by atomic mass is 9.43. The van der Waals surface area contributed by atoms with Gasteiger partial charge in [0.1, 0.15) is 0 Å². The predicted molar refractivity (Wildman–Crippen MR) is 133 cm³/mol. The minimum Gasteiger partial charge on any atom is -0.435 e. The highest BCUT2D eigenvalue weighted by Gasteiger charge is 2.67. The molecule has 0 aliphatic heterocycles. The summed E-state index contributed by atoms with van der Waals surface area (Å²) >= 11 is 0. The molecule has 9 atom stereocenters. The summed E-state index contributed by atoms with van der Waals surface area (Å²) in [6.45, 7) is 8.52. The predicted octanol–water partition coefficient (Wildman–Crippen LogP) is 5.79. The van der Waals surface area contributed by atoms with E-state index in [0.717, 1.165) is 63.4 Å². The monoisotopic (exact) mass is 502 g/mol. The van der Waals surface area contributed by atoms with Gasteiger partial charge < -0.3 is 23.7 Å². The summed E-state index contributed by atoms with van der Waals surface area (Å²) in [6.07, 6.45) is 9.33. The van der Waals surface area contributed by atoms with Crippen molar-refractivity contribution in [3.63, 3.8) is 0 Å². The average Bonchev–Trinajstić information content (AvgIpc) is 3.11. The molecule has 0 aromatic carbocycles. The van der Waals surface area contributed by atoms with Crippen molar-refractivity contribution < 1.29 is 28.5 Å². The molecule has 0 spiro atoms. The number of hydrogen-bond donors (Lipinski definition) is 1. The van der Waals surface area contributed by atoms with Crippen LogP contribution in [0.15, 0.2) is 27.6 Å². The molecule has 0 saturated heterocycles. The summed E-state index contributed by atoms with van der Waals surface area (Å²) in [7, 11) is 0. The molecular weight excluding hydrogens is 460 g/mol. The van der Waals surface area contributed by atoms with Gasteiger partial charge in [-0.05, 0) is 112 Å². The van der Waals surface area contributed by atoms with E-state index in [-0.39, 0.29) is 35.1 Å². The molecule has 1 unspecified atom stereocenters. The van der Waals surface area contributed by atoms with Gasteiger partial charge in [-0.15, -0.1) is 0 Å². The fourth-order valence-corrected chi connectivity index (χ4v) is 9.00. The first-order chi connectivity index (χ1) is 17.1. The molecule has 5 rings (SSSR count). The summed E-state index contributed by atoms with van der Waals surface area (Å²) < 4.78 is 21.4.